The van der Waals surface area contributed by atoms with E-state index in [1.165, 1.54) is 35.6 Å². The molecule has 0 N–H and O–H groups in total. The van der Waals surface area contributed by atoms with Gasteiger partial charge in [-0.2, -0.15) is 0 Å². The zero-order valence-electron chi connectivity index (χ0n) is 14.2. The highest BCUT2D eigenvalue weighted by atomic mass is 32.2. The molecule has 26 heavy (non-hydrogen) atoms. The van der Waals surface area contributed by atoms with Gasteiger partial charge in [-0.05, 0) is 48.6 Å². The van der Waals surface area contributed by atoms with Crippen LogP contribution in [0, 0.1) is 5.82 Å². The Morgan fingerprint density at radius 2 is 1.73 bits per heavy atom. The fraction of sp³-hybridized carbons (Fsp3) is 0.368. The average Bonchev–Trinajstić information content (AvgIpc) is 3.32. The summed E-state index contributed by atoms with van der Waals surface area (Å²) in [7, 11) is 0. The Morgan fingerprint density at radius 1 is 1.00 bits per heavy atom. The van der Waals surface area contributed by atoms with Crippen LogP contribution in [-0.2, 0) is 0 Å². The molecular weight excluding hydrogens is 371 g/mol. The first-order valence-electron chi connectivity index (χ1n) is 8.63. The Balaban J connectivity index is 1.46. The summed E-state index contributed by atoms with van der Waals surface area (Å²) >= 11 is 3.31. The smallest absolute Gasteiger partial charge is 0.265 e. The number of nitrogens with zero attached hydrogens (tertiary/aromatic N) is 2. The van der Waals surface area contributed by atoms with Crippen molar-refractivity contribution in [1.82, 2.24) is 9.80 Å². The molecule has 2 saturated heterocycles. The van der Waals surface area contributed by atoms with Crippen molar-refractivity contribution < 1.29 is 14.0 Å². The number of benzene rings is 1. The van der Waals surface area contributed by atoms with Crippen LogP contribution in [0.5, 0.6) is 0 Å². The van der Waals surface area contributed by atoms with Gasteiger partial charge in [-0.3, -0.25) is 9.59 Å². The highest BCUT2D eigenvalue weighted by Crippen LogP contribution is 2.44. The predicted octanol–water partition coefficient (Wildman–Crippen LogP) is 3.71. The lowest BCUT2D eigenvalue weighted by molar-refractivity contribution is 0.0501. The van der Waals surface area contributed by atoms with Gasteiger partial charge in [-0.15, -0.1) is 23.1 Å². The molecule has 4 nitrogen and oxygen atoms in total. The summed E-state index contributed by atoms with van der Waals surface area (Å²) in [5, 5.41) is 1.92. The lowest BCUT2D eigenvalue weighted by Gasteiger charge is -2.44. The second-order valence-electron chi connectivity index (χ2n) is 6.53. The van der Waals surface area contributed by atoms with Crippen LogP contribution in [-0.4, -0.2) is 51.9 Å². The Labute approximate surface area is 160 Å². The van der Waals surface area contributed by atoms with Gasteiger partial charge in [-0.25, -0.2) is 4.39 Å². The van der Waals surface area contributed by atoms with E-state index < -0.39 is 0 Å². The molecule has 2 aliphatic heterocycles. The Morgan fingerprint density at radius 3 is 2.38 bits per heavy atom. The van der Waals surface area contributed by atoms with Crippen LogP contribution in [0.2, 0.25) is 0 Å². The number of piperidine rings is 1. The number of rotatable bonds is 2. The maximum atomic E-state index is 13.1. The van der Waals surface area contributed by atoms with Crippen molar-refractivity contribution in [2.24, 2.45) is 0 Å². The van der Waals surface area contributed by atoms with Crippen LogP contribution in [0.3, 0.4) is 0 Å². The van der Waals surface area contributed by atoms with Gasteiger partial charge in [0.1, 0.15) is 5.82 Å². The Bertz CT molecular complexity index is 799. The molecule has 0 radical (unpaired) electrons. The van der Waals surface area contributed by atoms with Gasteiger partial charge in [0, 0.05) is 31.0 Å². The minimum Gasteiger partial charge on any atom is -0.338 e. The van der Waals surface area contributed by atoms with Crippen molar-refractivity contribution in [1.29, 1.82) is 0 Å². The summed E-state index contributed by atoms with van der Waals surface area (Å²) in [5.74, 6) is 0.620. The lowest BCUT2D eigenvalue weighted by Crippen LogP contribution is -2.53. The summed E-state index contributed by atoms with van der Waals surface area (Å²) in [5.41, 5.74) is 0.507. The first kappa shape index (κ1) is 17.5. The van der Waals surface area contributed by atoms with Crippen LogP contribution < -0.4 is 0 Å². The number of hydrogen-bond donors (Lipinski definition) is 0. The first-order valence-corrected chi connectivity index (χ1v) is 10.5. The number of carbonyl (C=O) groups is 2. The van der Waals surface area contributed by atoms with Gasteiger partial charge in [-0.1, -0.05) is 6.07 Å². The molecule has 0 saturated carbocycles. The molecule has 3 heterocycles. The predicted molar refractivity (Wildman–Crippen MR) is 102 cm³/mol. The topological polar surface area (TPSA) is 40.6 Å². The van der Waals surface area contributed by atoms with Gasteiger partial charge in [0.15, 0.2) is 0 Å². The third-order valence-corrected chi connectivity index (χ3v) is 7.49. The number of carbonyl (C=O) groups excluding carboxylic acids is 2. The van der Waals surface area contributed by atoms with Crippen molar-refractivity contribution in [2.75, 3.05) is 25.4 Å². The average molecular weight is 391 g/mol. The first-order chi connectivity index (χ1) is 12.6. The largest absolute Gasteiger partial charge is 0.338 e. The number of amides is 2. The molecule has 0 unspecified atom stereocenters. The third-order valence-electron chi connectivity index (χ3n) is 5.08. The maximum Gasteiger partial charge on any atom is 0.265 e. The van der Waals surface area contributed by atoms with Crippen LogP contribution in [0.15, 0.2) is 41.8 Å². The molecule has 0 aliphatic carbocycles. The van der Waals surface area contributed by atoms with Gasteiger partial charge in [0.25, 0.3) is 11.8 Å². The number of thioether (sulfide) groups is 1. The van der Waals surface area contributed by atoms with Gasteiger partial charge in [0.2, 0.25) is 0 Å². The summed E-state index contributed by atoms with van der Waals surface area (Å²) in [6.07, 6.45) is 1.53. The van der Waals surface area contributed by atoms with Crippen molar-refractivity contribution in [3.05, 3.63) is 58.0 Å². The zero-order chi connectivity index (χ0) is 18.1. The SMILES string of the molecule is O=C(c1ccc(F)cc1)N1CCC2(CC1)SCCN2C(=O)c1cccs1. The molecule has 4 rings (SSSR count). The summed E-state index contributed by atoms with van der Waals surface area (Å²) in [6, 6.07) is 9.45. The molecule has 7 heteroatoms. The van der Waals surface area contributed by atoms with Crippen LogP contribution in [0.1, 0.15) is 32.9 Å². The van der Waals surface area contributed by atoms with E-state index in [9.17, 15) is 14.0 Å². The van der Waals surface area contributed by atoms with Crippen molar-refractivity contribution in [3.63, 3.8) is 0 Å². The molecule has 2 aromatic rings. The molecule has 0 bridgehead atoms. The molecule has 1 aromatic heterocycles. The molecular formula is C19H19FN2O2S2. The van der Waals surface area contributed by atoms with E-state index >= 15 is 0 Å². The minimum atomic E-state index is -0.343. The highest BCUT2D eigenvalue weighted by Gasteiger charge is 2.47. The summed E-state index contributed by atoms with van der Waals surface area (Å²) < 4.78 is 13.1. The number of thiophene rings is 1. The lowest BCUT2D eigenvalue weighted by atomic mass is 10.0. The number of halogens is 1. The van der Waals surface area contributed by atoms with E-state index in [0.717, 1.165) is 30.0 Å². The standard InChI is InChI=1S/C19H19FN2O2S2/c20-15-5-3-14(4-6-15)17(23)21-9-7-19(8-10-21)22(11-13-26-19)18(24)16-2-1-12-25-16/h1-6,12H,7-11,13H2. The highest BCUT2D eigenvalue weighted by molar-refractivity contribution is 8.00. The van der Waals surface area contributed by atoms with Crippen molar-refractivity contribution >= 4 is 34.9 Å². The normalized spacial score (nSPS) is 19.1. The molecule has 1 spiro atoms. The van der Waals surface area contributed by atoms with E-state index in [2.05, 4.69) is 0 Å². The Hall–Kier alpha value is -1.86. The minimum absolute atomic E-state index is 0.0704. The molecule has 0 atom stereocenters. The molecule has 2 aliphatic rings. The van der Waals surface area contributed by atoms with Crippen molar-refractivity contribution in [3.8, 4) is 0 Å². The number of likely N-dealkylation sites (tertiary alicyclic amines) is 1. The van der Waals surface area contributed by atoms with E-state index in [1.807, 2.05) is 39.1 Å². The summed E-state index contributed by atoms with van der Waals surface area (Å²) in [4.78, 5) is 29.9. The van der Waals surface area contributed by atoms with E-state index in [-0.39, 0.29) is 22.5 Å². The third kappa shape index (κ3) is 3.14. The van der Waals surface area contributed by atoms with Crippen LogP contribution >= 0.6 is 23.1 Å². The van der Waals surface area contributed by atoms with Crippen LogP contribution in [0.4, 0.5) is 4.39 Å². The quantitative estimate of drug-likeness (QED) is 0.785. The Kier molecular flexibility index (Phi) is 4.75. The van der Waals surface area contributed by atoms with Crippen LogP contribution in [0.25, 0.3) is 0 Å². The van der Waals surface area contributed by atoms with Gasteiger partial charge in [0.05, 0.1) is 9.75 Å². The number of hydrogen-bond acceptors (Lipinski definition) is 4. The molecule has 2 amide bonds. The fourth-order valence-corrected chi connectivity index (χ4v) is 5.80. The second kappa shape index (κ2) is 7.04. The maximum absolute atomic E-state index is 13.1. The second-order valence-corrected chi connectivity index (χ2v) is 8.93. The monoisotopic (exact) mass is 390 g/mol. The molecule has 136 valence electrons. The van der Waals surface area contributed by atoms with E-state index in [4.69, 9.17) is 0 Å². The van der Waals surface area contributed by atoms with E-state index in [1.54, 1.807) is 0 Å². The molecule has 2 fully saturated rings. The molecule has 1 aromatic carbocycles. The van der Waals surface area contributed by atoms with Gasteiger partial charge >= 0.3 is 0 Å². The zero-order valence-corrected chi connectivity index (χ0v) is 15.8. The summed E-state index contributed by atoms with van der Waals surface area (Å²) in [6.45, 7) is 1.97. The fourth-order valence-electron chi connectivity index (χ4n) is 3.68. The van der Waals surface area contributed by atoms with Crippen molar-refractivity contribution in [2.45, 2.75) is 17.7 Å². The van der Waals surface area contributed by atoms with E-state index in [0.29, 0.717) is 18.7 Å². The van der Waals surface area contributed by atoms with Gasteiger partial charge < -0.3 is 9.80 Å².